The number of rotatable bonds is 5. The number of carbonyl (C=O) groups is 1. The van der Waals surface area contributed by atoms with E-state index in [0.717, 1.165) is 17.7 Å². The Morgan fingerprint density at radius 3 is 2.37 bits per heavy atom. The molecule has 0 N–H and O–H groups in total. The molecule has 0 saturated heterocycles. The molecule has 0 saturated carbocycles. The highest BCUT2D eigenvalue weighted by Gasteiger charge is 2.10. The third-order valence-electron chi connectivity index (χ3n) is 2.16. The Morgan fingerprint density at radius 1 is 1.21 bits per heavy atom. The van der Waals surface area contributed by atoms with Gasteiger partial charge in [0.15, 0.2) is 0 Å². The lowest BCUT2D eigenvalue weighted by Crippen LogP contribution is -2.22. The van der Waals surface area contributed by atoms with E-state index < -0.39 is 0 Å². The SMILES string of the molecule is CCCOC(=O)/C=C/c1ccc(OC(C)(C)C)cc1. The van der Waals surface area contributed by atoms with E-state index in [9.17, 15) is 4.79 Å². The summed E-state index contributed by atoms with van der Waals surface area (Å²) in [5, 5.41) is 0. The lowest BCUT2D eigenvalue weighted by atomic mass is 10.1. The van der Waals surface area contributed by atoms with Crippen LogP contribution in [0.4, 0.5) is 0 Å². The molecule has 0 atom stereocenters. The summed E-state index contributed by atoms with van der Waals surface area (Å²) in [6, 6.07) is 7.60. The molecule has 0 aromatic heterocycles. The van der Waals surface area contributed by atoms with Gasteiger partial charge in [0.1, 0.15) is 11.4 Å². The van der Waals surface area contributed by atoms with E-state index in [-0.39, 0.29) is 11.6 Å². The Kier molecular flexibility index (Phi) is 5.61. The number of esters is 1. The second kappa shape index (κ2) is 6.98. The molecule has 104 valence electrons. The fourth-order valence-corrected chi connectivity index (χ4v) is 1.42. The van der Waals surface area contributed by atoms with Crippen LogP contribution in [0.1, 0.15) is 39.7 Å². The predicted octanol–water partition coefficient (Wildman–Crippen LogP) is 3.83. The number of ether oxygens (including phenoxy) is 2. The zero-order chi connectivity index (χ0) is 14.3. The van der Waals surface area contributed by atoms with Crippen molar-refractivity contribution in [2.24, 2.45) is 0 Å². The summed E-state index contributed by atoms with van der Waals surface area (Å²) < 4.78 is 10.7. The van der Waals surface area contributed by atoms with Gasteiger partial charge in [-0.25, -0.2) is 4.79 Å². The maximum absolute atomic E-state index is 11.3. The summed E-state index contributed by atoms with van der Waals surface area (Å²) in [6.45, 7) is 8.44. The van der Waals surface area contributed by atoms with Crippen molar-refractivity contribution >= 4 is 12.0 Å². The summed E-state index contributed by atoms with van der Waals surface area (Å²) in [6.07, 6.45) is 4.01. The Labute approximate surface area is 115 Å². The molecule has 1 aromatic rings. The molecular weight excluding hydrogens is 240 g/mol. The Balaban J connectivity index is 2.57. The Morgan fingerprint density at radius 2 is 1.84 bits per heavy atom. The first-order valence-electron chi connectivity index (χ1n) is 6.54. The Bertz CT molecular complexity index is 424. The zero-order valence-electron chi connectivity index (χ0n) is 12.1. The molecule has 0 unspecified atom stereocenters. The first-order chi connectivity index (χ1) is 8.90. The van der Waals surface area contributed by atoms with E-state index in [1.54, 1.807) is 6.08 Å². The number of carbonyl (C=O) groups excluding carboxylic acids is 1. The van der Waals surface area contributed by atoms with Crippen LogP contribution in [0.2, 0.25) is 0 Å². The first-order valence-corrected chi connectivity index (χ1v) is 6.54. The van der Waals surface area contributed by atoms with Gasteiger partial charge in [-0.2, -0.15) is 0 Å². The maximum Gasteiger partial charge on any atom is 0.330 e. The molecule has 0 bridgehead atoms. The van der Waals surface area contributed by atoms with Crippen LogP contribution in [-0.2, 0) is 9.53 Å². The number of hydrogen-bond acceptors (Lipinski definition) is 3. The average molecular weight is 262 g/mol. The van der Waals surface area contributed by atoms with Gasteiger partial charge in [0.05, 0.1) is 6.61 Å². The van der Waals surface area contributed by atoms with Crippen LogP contribution in [0.3, 0.4) is 0 Å². The molecular formula is C16H22O3. The van der Waals surface area contributed by atoms with E-state index in [1.165, 1.54) is 6.08 Å². The van der Waals surface area contributed by atoms with Crippen LogP contribution in [0, 0.1) is 0 Å². The standard InChI is InChI=1S/C16H22O3/c1-5-12-18-15(17)11-8-13-6-9-14(10-7-13)19-16(2,3)4/h6-11H,5,12H2,1-4H3/b11-8+. The summed E-state index contributed by atoms with van der Waals surface area (Å²) in [5.74, 6) is 0.509. The van der Waals surface area contributed by atoms with Gasteiger partial charge in [0, 0.05) is 6.08 Å². The molecule has 0 aliphatic rings. The quantitative estimate of drug-likeness (QED) is 0.597. The van der Waals surface area contributed by atoms with Crippen molar-refractivity contribution in [1.82, 2.24) is 0 Å². The van der Waals surface area contributed by atoms with Crippen molar-refractivity contribution in [1.29, 1.82) is 0 Å². The van der Waals surface area contributed by atoms with E-state index >= 15 is 0 Å². The van der Waals surface area contributed by atoms with Crippen LogP contribution >= 0.6 is 0 Å². The van der Waals surface area contributed by atoms with E-state index in [2.05, 4.69) is 0 Å². The summed E-state index contributed by atoms with van der Waals surface area (Å²) in [7, 11) is 0. The topological polar surface area (TPSA) is 35.5 Å². The van der Waals surface area contributed by atoms with Gasteiger partial charge >= 0.3 is 5.97 Å². The van der Waals surface area contributed by atoms with Gasteiger partial charge < -0.3 is 9.47 Å². The van der Waals surface area contributed by atoms with E-state index in [4.69, 9.17) is 9.47 Å². The molecule has 0 spiro atoms. The molecule has 3 nitrogen and oxygen atoms in total. The maximum atomic E-state index is 11.3. The van der Waals surface area contributed by atoms with Crippen LogP contribution < -0.4 is 4.74 Å². The second-order valence-electron chi connectivity index (χ2n) is 5.28. The van der Waals surface area contributed by atoms with Gasteiger partial charge in [-0.3, -0.25) is 0 Å². The second-order valence-corrected chi connectivity index (χ2v) is 5.28. The van der Waals surface area contributed by atoms with Crippen LogP contribution in [0.15, 0.2) is 30.3 Å². The van der Waals surface area contributed by atoms with Crippen molar-refractivity contribution in [3.05, 3.63) is 35.9 Å². The van der Waals surface area contributed by atoms with Crippen molar-refractivity contribution in [2.75, 3.05) is 6.61 Å². The van der Waals surface area contributed by atoms with Gasteiger partial charge in [0.25, 0.3) is 0 Å². The minimum atomic E-state index is -0.308. The molecule has 1 rings (SSSR count). The van der Waals surface area contributed by atoms with E-state index in [1.807, 2.05) is 52.0 Å². The van der Waals surface area contributed by atoms with Crippen LogP contribution in [0.5, 0.6) is 5.75 Å². The average Bonchev–Trinajstić information content (AvgIpc) is 2.33. The monoisotopic (exact) mass is 262 g/mol. The molecule has 1 aromatic carbocycles. The lowest BCUT2D eigenvalue weighted by molar-refractivity contribution is -0.137. The minimum Gasteiger partial charge on any atom is -0.488 e. The molecule has 0 aliphatic heterocycles. The Hall–Kier alpha value is -1.77. The highest BCUT2D eigenvalue weighted by molar-refractivity contribution is 5.87. The van der Waals surface area contributed by atoms with Crippen molar-refractivity contribution in [2.45, 2.75) is 39.7 Å². The molecule has 19 heavy (non-hydrogen) atoms. The number of benzene rings is 1. The van der Waals surface area contributed by atoms with Crippen LogP contribution in [0.25, 0.3) is 6.08 Å². The molecule has 3 heteroatoms. The summed E-state index contributed by atoms with van der Waals surface area (Å²) in [5.41, 5.74) is 0.733. The molecule has 0 heterocycles. The summed E-state index contributed by atoms with van der Waals surface area (Å²) >= 11 is 0. The highest BCUT2D eigenvalue weighted by atomic mass is 16.5. The normalized spacial score (nSPS) is 11.6. The fourth-order valence-electron chi connectivity index (χ4n) is 1.42. The molecule has 0 aliphatic carbocycles. The van der Waals surface area contributed by atoms with Gasteiger partial charge in [-0.15, -0.1) is 0 Å². The zero-order valence-corrected chi connectivity index (χ0v) is 12.1. The van der Waals surface area contributed by atoms with Gasteiger partial charge in [-0.1, -0.05) is 19.1 Å². The van der Waals surface area contributed by atoms with E-state index in [0.29, 0.717) is 6.61 Å². The highest BCUT2D eigenvalue weighted by Crippen LogP contribution is 2.18. The third-order valence-corrected chi connectivity index (χ3v) is 2.16. The van der Waals surface area contributed by atoms with Crippen LogP contribution in [-0.4, -0.2) is 18.2 Å². The predicted molar refractivity (Wildman–Crippen MR) is 77.1 cm³/mol. The van der Waals surface area contributed by atoms with Gasteiger partial charge in [0.2, 0.25) is 0 Å². The molecule has 0 amide bonds. The lowest BCUT2D eigenvalue weighted by Gasteiger charge is -2.21. The number of hydrogen-bond donors (Lipinski definition) is 0. The third kappa shape index (κ3) is 6.65. The minimum absolute atomic E-state index is 0.207. The molecule has 0 fully saturated rings. The van der Waals surface area contributed by atoms with Crippen molar-refractivity contribution in [3.8, 4) is 5.75 Å². The van der Waals surface area contributed by atoms with Gasteiger partial charge in [-0.05, 0) is 51.0 Å². The molecule has 0 radical (unpaired) electrons. The van der Waals surface area contributed by atoms with Crippen molar-refractivity contribution < 1.29 is 14.3 Å². The van der Waals surface area contributed by atoms with Crippen molar-refractivity contribution in [3.63, 3.8) is 0 Å². The fraction of sp³-hybridized carbons (Fsp3) is 0.438. The largest absolute Gasteiger partial charge is 0.488 e. The first kappa shape index (κ1) is 15.3. The smallest absolute Gasteiger partial charge is 0.330 e. The summed E-state index contributed by atoms with van der Waals surface area (Å²) in [4.78, 5) is 11.3.